The summed E-state index contributed by atoms with van der Waals surface area (Å²) in [6.07, 6.45) is 2.14. The largest absolute Gasteiger partial charge is 0.326 e. The third kappa shape index (κ3) is 3.03. The second-order valence-electron chi connectivity index (χ2n) is 7.98. The molecule has 2 atom stereocenters. The molecule has 2 aliphatic heterocycles. The van der Waals surface area contributed by atoms with Crippen molar-refractivity contribution < 1.29 is 9.59 Å². The van der Waals surface area contributed by atoms with Crippen molar-refractivity contribution in [3.8, 4) is 0 Å². The number of amides is 3. The molecule has 3 aromatic rings. The minimum atomic E-state index is -1.04. The molecule has 0 aliphatic carbocycles. The van der Waals surface area contributed by atoms with Gasteiger partial charge in [-0.2, -0.15) is 0 Å². The first kappa shape index (κ1) is 18.3. The molecule has 2 saturated heterocycles. The van der Waals surface area contributed by atoms with Crippen molar-refractivity contribution in [2.24, 2.45) is 0 Å². The number of urea groups is 1. The zero-order valence-electron chi connectivity index (χ0n) is 16.3. The summed E-state index contributed by atoms with van der Waals surface area (Å²) in [4.78, 5) is 31.1. The van der Waals surface area contributed by atoms with E-state index in [2.05, 4.69) is 27.7 Å². The molecule has 3 amide bonds. The number of nitrogens with zero attached hydrogens (tertiary/aromatic N) is 2. The molecule has 2 aliphatic rings. The Labute approximate surface area is 173 Å². The lowest BCUT2D eigenvalue weighted by atomic mass is 9.90. The molecule has 0 radical (unpaired) electrons. The number of carbonyl (C=O) groups excluding carboxylic acids is 2. The van der Waals surface area contributed by atoms with Crippen LogP contribution in [-0.2, 0) is 10.3 Å². The van der Waals surface area contributed by atoms with Gasteiger partial charge in [-0.05, 0) is 53.6 Å². The van der Waals surface area contributed by atoms with Crippen LogP contribution in [0.25, 0.3) is 10.8 Å². The third-order valence-electron chi connectivity index (χ3n) is 6.16. The van der Waals surface area contributed by atoms with Crippen LogP contribution in [0.2, 0.25) is 0 Å². The molecule has 2 fully saturated rings. The van der Waals surface area contributed by atoms with Gasteiger partial charge in [0.1, 0.15) is 5.54 Å². The fourth-order valence-corrected chi connectivity index (χ4v) is 5.40. The van der Waals surface area contributed by atoms with Gasteiger partial charge in [-0.1, -0.05) is 42.5 Å². The minimum Gasteiger partial charge on any atom is -0.319 e. The fourth-order valence-electron chi connectivity index (χ4n) is 4.50. The molecule has 2 aromatic carbocycles. The second kappa shape index (κ2) is 6.97. The lowest BCUT2D eigenvalue weighted by Gasteiger charge is -2.28. The summed E-state index contributed by atoms with van der Waals surface area (Å²) < 4.78 is 0. The summed E-state index contributed by atoms with van der Waals surface area (Å²) in [5.74, 6) is -0.186. The van der Waals surface area contributed by atoms with Gasteiger partial charge in [0.15, 0.2) is 0 Å². The zero-order chi connectivity index (χ0) is 20.0. The summed E-state index contributed by atoms with van der Waals surface area (Å²) in [7, 11) is 0. The molecule has 5 rings (SSSR count). The predicted octanol–water partition coefficient (Wildman–Crippen LogP) is 4.46. The number of nitrogens with one attached hydrogen (secondary N) is 1. The van der Waals surface area contributed by atoms with Gasteiger partial charge in [0.2, 0.25) is 0 Å². The first-order valence-electron chi connectivity index (χ1n) is 9.97. The van der Waals surface area contributed by atoms with Crippen molar-refractivity contribution in [2.45, 2.75) is 31.3 Å². The highest BCUT2D eigenvalue weighted by Gasteiger charge is 2.50. The van der Waals surface area contributed by atoms with E-state index in [0.717, 1.165) is 35.7 Å². The molecule has 0 spiro atoms. The molecule has 1 N–H and O–H groups in total. The van der Waals surface area contributed by atoms with Crippen LogP contribution in [0, 0.1) is 0 Å². The van der Waals surface area contributed by atoms with Crippen molar-refractivity contribution in [1.29, 1.82) is 0 Å². The number of imide groups is 1. The maximum Gasteiger partial charge on any atom is 0.326 e. The number of carbonyl (C=O) groups is 2. The van der Waals surface area contributed by atoms with E-state index in [1.165, 1.54) is 9.78 Å². The topological polar surface area (TPSA) is 52.7 Å². The smallest absolute Gasteiger partial charge is 0.319 e. The molecule has 148 valence electrons. The summed E-state index contributed by atoms with van der Waals surface area (Å²) in [6.45, 7) is 3.03. The van der Waals surface area contributed by atoms with E-state index in [0.29, 0.717) is 6.67 Å². The number of likely N-dealkylation sites (tertiary alicyclic amines) is 1. The molecule has 29 heavy (non-hydrogen) atoms. The van der Waals surface area contributed by atoms with Gasteiger partial charge in [-0.15, -0.1) is 11.3 Å². The van der Waals surface area contributed by atoms with Gasteiger partial charge >= 0.3 is 6.03 Å². The third-order valence-corrected chi connectivity index (χ3v) is 7.13. The molecular weight excluding hydrogens is 382 g/mol. The van der Waals surface area contributed by atoms with E-state index in [1.807, 2.05) is 42.5 Å². The Kier molecular flexibility index (Phi) is 4.41. The Morgan fingerprint density at radius 3 is 2.72 bits per heavy atom. The molecular formula is C23H23N3O2S. The maximum absolute atomic E-state index is 13.4. The normalized spacial score (nSPS) is 25.1. The number of benzene rings is 2. The summed E-state index contributed by atoms with van der Waals surface area (Å²) in [5, 5.41) is 7.20. The van der Waals surface area contributed by atoms with Gasteiger partial charge in [0.05, 0.1) is 6.67 Å². The van der Waals surface area contributed by atoms with E-state index in [4.69, 9.17) is 0 Å². The average Bonchev–Trinajstić information content (AvgIpc) is 3.45. The monoisotopic (exact) mass is 405 g/mol. The molecule has 3 heterocycles. The highest BCUT2D eigenvalue weighted by Crippen LogP contribution is 2.36. The Morgan fingerprint density at radius 1 is 1.10 bits per heavy atom. The quantitative estimate of drug-likeness (QED) is 0.652. The standard InChI is InChI=1S/C23H23N3O2S/c1-23(18-11-10-16-6-2-3-7-17(16)14-18)21(27)26(22(28)24-23)15-25-12-4-8-19(25)20-9-5-13-29-20/h2-3,5-7,9-11,13-14,19H,4,8,12,15H2,1H3,(H,24,28)/t19-,23-/m0/s1. The minimum absolute atomic E-state index is 0.186. The lowest BCUT2D eigenvalue weighted by molar-refractivity contribution is -0.132. The Balaban J connectivity index is 1.41. The van der Waals surface area contributed by atoms with Crippen LogP contribution in [0.15, 0.2) is 60.0 Å². The van der Waals surface area contributed by atoms with Gasteiger partial charge < -0.3 is 5.32 Å². The summed E-state index contributed by atoms with van der Waals surface area (Å²) in [5.41, 5.74) is -0.229. The second-order valence-corrected chi connectivity index (χ2v) is 8.96. The van der Waals surface area contributed by atoms with E-state index >= 15 is 0 Å². The molecule has 6 heteroatoms. The Bertz CT molecular complexity index is 1080. The van der Waals surface area contributed by atoms with Gasteiger partial charge in [0, 0.05) is 17.5 Å². The first-order valence-corrected chi connectivity index (χ1v) is 10.8. The number of hydrogen-bond donors (Lipinski definition) is 1. The van der Waals surface area contributed by atoms with Crippen LogP contribution >= 0.6 is 11.3 Å². The summed E-state index contributed by atoms with van der Waals surface area (Å²) >= 11 is 1.74. The average molecular weight is 406 g/mol. The maximum atomic E-state index is 13.4. The molecule has 0 saturated carbocycles. The summed E-state index contributed by atoms with van der Waals surface area (Å²) in [6, 6.07) is 18.1. The van der Waals surface area contributed by atoms with E-state index in [1.54, 1.807) is 18.3 Å². The van der Waals surface area contributed by atoms with Crippen LogP contribution in [0.5, 0.6) is 0 Å². The molecule has 0 bridgehead atoms. The number of hydrogen-bond acceptors (Lipinski definition) is 4. The molecule has 5 nitrogen and oxygen atoms in total. The highest BCUT2D eigenvalue weighted by molar-refractivity contribution is 7.10. The van der Waals surface area contributed by atoms with Crippen molar-refractivity contribution in [1.82, 2.24) is 15.1 Å². The first-order chi connectivity index (χ1) is 14.1. The number of rotatable bonds is 4. The van der Waals surface area contributed by atoms with Crippen LogP contribution < -0.4 is 5.32 Å². The fraction of sp³-hybridized carbons (Fsp3) is 0.304. The Morgan fingerprint density at radius 2 is 1.93 bits per heavy atom. The molecule has 0 unspecified atom stereocenters. The predicted molar refractivity (Wildman–Crippen MR) is 115 cm³/mol. The van der Waals surface area contributed by atoms with Crippen LogP contribution in [0.4, 0.5) is 4.79 Å². The van der Waals surface area contributed by atoms with Crippen LogP contribution in [0.1, 0.15) is 36.2 Å². The number of fused-ring (bicyclic) bond motifs is 1. The number of thiophene rings is 1. The van der Waals surface area contributed by atoms with E-state index in [-0.39, 0.29) is 18.0 Å². The zero-order valence-corrected chi connectivity index (χ0v) is 17.1. The van der Waals surface area contributed by atoms with E-state index < -0.39 is 5.54 Å². The van der Waals surface area contributed by atoms with Gasteiger partial charge in [-0.3, -0.25) is 9.69 Å². The van der Waals surface area contributed by atoms with Gasteiger partial charge in [-0.25, -0.2) is 9.69 Å². The lowest BCUT2D eigenvalue weighted by Crippen LogP contribution is -2.43. The van der Waals surface area contributed by atoms with Crippen molar-refractivity contribution in [3.63, 3.8) is 0 Å². The van der Waals surface area contributed by atoms with Crippen molar-refractivity contribution >= 4 is 34.0 Å². The van der Waals surface area contributed by atoms with Crippen LogP contribution in [-0.4, -0.2) is 35.0 Å². The molecule has 1 aromatic heterocycles. The van der Waals surface area contributed by atoms with Crippen LogP contribution in [0.3, 0.4) is 0 Å². The van der Waals surface area contributed by atoms with Gasteiger partial charge in [0.25, 0.3) is 5.91 Å². The Hall–Kier alpha value is -2.70. The highest BCUT2D eigenvalue weighted by atomic mass is 32.1. The van der Waals surface area contributed by atoms with Crippen molar-refractivity contribution in [2.75, 3.05) is 13.2 Å². The SMILES string of the molecule is C[C@@]1(c2ccc3ccccc3c2)NC(=O)N(CN2CCC[C@H]2c2cccs2)C1=O. The van der Waals surface area contributed by atoms with E-state index in [9.17, 15) is 9.59 Å². The van der Waals surface area contributed by atoms with Crippen molar-refractivity contribution in [3.05, 3.63) is 70.4 Å².